The van der Waals surface area contributed by atoms with Gasteiger partial charge in [0.2, 0.25) is 11.8 Å². The van der Waals surface area contributed by atoms with Crippen molar-refractivity contribution < 1.29 is 4.42 Å². The molecule has 8 heteroatoms. The summed E-state index contributed by atoms with van der Waals surface area (Å²) in [5, 5.41) is 7.77. The molecule has 5 rings (SSSR count). The van der Waals surface area contributed by atoms with Crippen LogP contribution in [0.3, 0.4) is 0 Å². The quantitative estimate of drug-likeness (QED) is 0.581. The van der Waals surface area contributed by atoms with Crippen LogP contribution in [0.4, 0.5) is 23.1 Å². The van der Waals surface area contributed by atoms with E-state index in [1.807, 2.05) is 24.3 Å². The summed E-state index contributed by atoms with van der Waals surface area (Å²) in [6.07, 6.45) is 1.59. The Kier molecular flexibility index (Phi) is 2.90. The fourth-order valence-electron chi connectivity index (χ4n) is 3.07. The summed E-state index contributed by atoms with van der Waals surface area (Å²) in [6, 6.07) is 13.6. The number of aromatic nitrogens is 4. The third-order valence-corrected chi connectivity index (χ3v) is 4.20. The lowest BCUT2D eigenvalue weighted by molar-refractivity contribution is 0.577. The zero-order chi connectivity index (χ0) is 16.8. The number of benzene rings is 1. The molecule has 4 aromatic rings. The van der Waals surface area contributed by atoms with Crippen molar-refractivity contribution in [1.29, 1.82) is 0 Å². The Hall–Kier alpha value is -3.55. The van der Waals surface area contributed by atoms with Crippen molar-refractivity contribution >= 4 is 28.8 Å². The summed E-state index contributed by atoms with van der Waals surface area (Å²) in [6.45, 7) is 1.62. The maximum Gasteiger partial charge on any atom is 0.225 e. The van der Waals surface area contributed by atoms with E-state index < -0.39 is 0 Å². The minimum absolute atomic E-state index is 0.286. The molecule has 0 radical (unpaired) electrons. The molecule has 0 aliphatic carbocycles. The third-order valence-electron chi connectivity index (χ3n) is 4.20. The number of nitrogen functional groups attached to an aromatic ring is 1. The van der Waals surface area contributed by atoms with Crippen LogP contribution in [0.1, 0.15) is 0 Å². The lowest BCUT2D eigenvalue weighted by atomic mass is 10.2. The second-order valence-electron chi connectivity index (χ2n) is 5.75. The lowest BCUT2D eigenvalue weighted by Gasteiger charge is -2.31. The number of anilines is 4. The number of rotatable bonds is 2. The van der Waals surface area contributed by atoms with Crippen molar-refractivity contribution in [2.24, 2.45) is 0 Å². The molecule has 0 amide bonds. The number of fused-ring (bicyclic) bond motifs is 2. The molecule has 25 heavy (non-hydrogen) atoms. The van der Waals surface area contributed by atoms with Crippen LogP contribution in [0.25, 0.3) is 17.2 Å². The van der Waals surface area contributed by atoms with E-state index in [0.29, 0.717) is 17.2 Å². The number of nitrogens with zero attached hydrogens (tertiary/aromatic N) is 5. The first-order valence-electron chi connectivity index (χ1n) is 7.97. The van der Waals surface area contributed by atoms with Gasteiger partial charge in [0, 0.05) is 19.2 Å². The molecule has 8 nitrogen and oxygen atoms in total. The first kappa shape index (κ1) is 13.8. The van der Waals surface area contributed by atoms with Crippen LogP contribution in [0.2, 0.25) is 0 Å². The highest BCUT2D eigenvalue weighted by Gasteiger charge is 2.21. The average Bonchev–Trinajstić information content (AvgIpc) is 3.30. The SMILES string of the molecule is Nc1nc(N2CCNc3ccccc32)cc2nc(-c3ccco3)nn12. The number of nitrogens with one attached hydrogen (secondary N) is 1. The van der Waals surface area contributed by atoms with Crippen molar-refractivity contribution in [2.45, 2.75) is 0 Å². The molecule has 0 unspecified atom stereocenters. The van der Waals surface area contributed by atoms with Gasteiger partial charge in [-0.2, -0.15) is 9.50 Å². The van der Waals surface area contributed by atoms with Gasteiger partial charge in [0.1, 0.15) is 5.82 Å². The van der Waals surface area contributed by atoms with Crippen LogP contribution in [-0.2, 0) is 0 Å². The molecular formula is C17H15N7O. The Balaban J connectivity index is 1.64. The second-order valence-corrected chi connectivity index (χ2v) is 5.75. The van der Waals surface area contributed by atoms with Gasteiger partial charge in [0.05, 0.1) is 17.6 Å². The van der Waals surface area contributed by atoms with Crippen LogP contribution >= 0.6 is 0 Å². The van der Waals surface area contributed by atoms with Gasteiger partial charge in [-0.25, -0.2) is 4.98 Å². The van der Waals surface area contributed by atoms with Crippen LogP contribution < -0.4 is 16.0 Å². The Morgan fingerprint density at radius 1 is 1.12 bits per heavy atom. The van der Waals surface area contributed by atoms with E-state index in [4.69, 9.17) is 10.2 Å². The Bertz CT molecular complexity index is 1050. The van der Waals surface area contributed by atoms with Crippen molar-refractivity contribution in [2.75, 3.05) is 29.0 Å². The first-order chi connectivity index (χ1) is 12.3. The van der Waals surface area contributed by atoms with Gasteiger partial charge >= 0.3 is 0 Å². The fraction of sp³-hybridized carbons (Fsp3) is 0.118. The molecule has 1 aromatic carbocycles. The number of para-hydroxylation sites is 2. The van der Waals surface area contributed by atoms with Crippen LogP contribution in [-0.4, -0.2) is 32.7 Å². The van der Waals surface area contributed by atoms with Gasteiger partial charge in [-0.1, -0.05) is 12.1 Å². The molecule has 0 bridgehead atoms. The summed E-state index contributed by atoms with van der Waals surface area (Å²) < 4.78 is 6.89. The number of hydrogen-bond donors (Lipinski definition) is 2. The highest BCUT2D eigenvalue weighted by Crippen LogP contribution is 2.34. The maximum absolute atomic E-state index is 6.13. The largest absolute Gasteiger partial charge is 0.461 e. The van der Waals surface area contributed by atoms with Crippen molar-refractivity contribution in [1.82, 2.24) is 19.6 Å². The summed E-state index contributed by atoms with van der Waals surface area (Å²) in [7, 11) is 0. The van der Waals surface area contributed by atoms with Crippen LogP contribution in [0, 0.1) is 0 Å². The Labute approximate surface area is 142 Å². The summed E-state index contributed by atoms with van der Waals surface area (Å²) in [4.78, 5) is 11.2. The van der Waals surface area contributed by atoms with E-state index >= 15 is 0 Å². The van der Waals surface area contributed by atoms with E-state index in [0.717, 1.165) is 30.3 Å². The molecule has 3 N–H and O–H groups in total. The average molecular weight is 333 g/mol. The third kappa shape index (κ3) is 2.18. The molecular weight excluding hydrogens is 318 g/mol. The molecule has 0 saturated carbocycles. The van der Waals surface area contributed by atoms with Crippen molar-refractivity contribution in [3.63, 3.8) is 0 Å². The molecule has 0 saturated heterocycles. The first-order valence-corrected chi connectivity index (χ1v) is 7.97. The van der Waals surface area contributed by atoms with E-state index in [1.54, 1.807) is 12.3 Å². The topological polar surface area (TPSA) is 97.5 Å². The maximum atomic E-state index is 6.13. The molecule has 0 fully saturated rings. The van der Waals surface area contributed by atoms with Gasteiger partial charge < -0.3 is 20.4 Å². The summed E-state index contributed by atoms with van der Waals surface area (Å²) >= 11 is 0. The normalized spacial score (nSPS) is 13.7. The van der Waals surface area contributed by atoms with E-state index in [2.05, 4.69) is 37.4 Å². The standard InChI is InChI=1S/C17H15N7O/c18-17-21-14(23-8-7-19-11-4-1-2-5-12(11)23)10-15-20-16(22-24(15)17)13-6-3-9-25-13/h1-6,9-10,19H,7-8H2,(H2,18,21). The molecule has 1 aliphatic heterocycles. The number of hydrogen-bond acceptors (Lipinski definition) is 7. The minimum Gasteiger partial charge on any atom is -0.461 e. The van der Waals surface area contributed by atoms with Crippen LogP contribution in [0.15, 0.2) is 53.1 Å². The van der Waals surface area contributed by atoms with Gasteiger partial charge in [-0.05, 0) is 24.3 Å². The molecule has 4 heterocycles. The van der Waals surface area contributed by atoms with E-state index in [1.165, 1.54) is 4.52 Å². The van der Waals surface area contributed by atoms with E-state index in [-0.39, 0.29) is 5.95 Å². The minimum atomic E-state index is 0.286. The Morgan fingerprint density at radius 2 is 2.04 bits per heavy atom. The predicted octanol–water partition coefficient (Wildman–Crippen LogP) is 2.53. The molecule has 3 aromatic heterocycles. The van der Waals surface area contributed by atoms with Gasteiger partial charge in [-0.3, -0.25) is 0 Å². The number of furan rings is 1. The highest BCUT2D eigenvalue weighted by molar-refractivity contribution is 5.78. The highest BCUT2D eigenvalue weighted by atomic mass is 16.3. The molecule has 1 aliphatic rings. The predicted molar refractivity (Wildman–Crippen MR) is 94.8 cm³/mol. The molecule has 0 atom stereocenters. The summed E-state index contributed by atoms with van der Waals surface area (Å²) in [5.74, 6) is 2.11. The zero-order valence-corrected chi connectivity index (χ0v) is 13.3. The summed E-state index contributed by atoms with van der Waals surface area (Å²) in [5.41, 5.74) is 8.90. The van der Waals surface area contributed by atoms with Gasteiger partial charge in [0.15, 0.2) is 11.4 Å². The van der Waals surface area contributed by atoms with Crippen molar-refractivity contribution in [3.8, 4) is 11.6 Å². The monoisotopic (exact) mass is 333 g/mol. The fourth-order valence-corrected chi connectivity index (χ4v) is 3.07. The number of nitrogens with two attached hydrogens (primary N) is 1. The zero-order valence-electron chi connectivity index (χ0n) is 13.3. The van der Waals surface area contributed by atoms with Crippen LogP contribution in [0.5, 0.6) is 0 Å². The van der Waals surface area contributed by atoms with E-state index in [9.17, 15) is 0 Å². The van der Waals surface area contributed by atoms with Gasteiger partial charge in [-0.15, -0.1) is 5.10 Å². The Morgan fingerprint density at radius 3 is 2.92 bits per heavy atom. The lowest BCUT2D eigenvalue weighted by Crippen LogP contribution is -2.31. The molecule has 0 spiro atoms. The van der Waals surface area contributed by atoms with Gasteiger partial charge in [0.25, 0.3) is 0 Å². The molecule has 124 valence electrons. The second kappa shape index (κ2) is 5.23. The smallest absolute Gasteiger partial charge is 0.225 e. The van der Waals surface area contributed by atoms with Crippen molar-refractivity contribution in [3.05, 3.63) is 48.7 Å².